The first-order chi connectivity index (χ1) is 7.78. The minimum absolute atomic E-state index is 0.309. The number of benzene rings is 1. The molecule has 0 aliphatic heterocycles. The molecule has 2 unspecified atom stereocenters. The number of anilines is 1. The van der Waals surface area contributed by atoms with Crippen LogP contribution in [0.1, 0.15) is 25.7 Å². The summed E-state index contributed by atoms with van der Waals surface area (Å²) < 4.78 is 5.40. The molecule has 0 spiro atoms. The number of phenolic OH excluding ortho intramolecular Hbond substituents is 1. The van der Waals surface area contributed by atoms with E-state index in [2.05, 4.69) is 5.32 Å². The molecule has 1 aliphatic rings. The zero-order valence-electron chi connectivity index (χ0n) is 9.65. The number of hydrogen-bond acceptors (Lipinski definition) is 3. The number of rotatable bonds is 3. The standard InChI is InChI=1S/C13H19NO2/c1-16-13-4-2-3-11(9-13)14-10-5-7-12(15)8-6-10/h5-8,11,13-15H,2-4,9H2,1H3. The van der Waals surface area contributed by atoms with Crippen LogP contribution >= 0.6 is 0 Å². The van der Waals surface area contributed by atoms with Crippen LogP contribution in [0, 0.1) is 0 Å². The molecule has 0 aromatic heterocycles. The highest BCUT2D eigenvalue weighted by Crippen LogP contribution is 2.24. The minimum Gasteiger partial charge on any atom is -0.508 e. The van der Waals surface area contributed by atoms with Gasteiger partial charge >= 0.3 is 0 Å². The van der Waals surface area contributed by atoms with Crippen LogP contribution in [0.4, 0.5) is 5.69 Å². The zero-order valence-corrected chi connectivity index (χ0v) is 9.65. The van der Waals surface area contributed by atoms with Crippen molar-refractivity contribution in [3.63, 3.8) is 0 Å². The summed E-state index contributed by atoms with van der Waals surface area (Å²) in [6.45, 7) is 0. The van der Waals surface area contributed by atoms with E-state index in [1.807, 2.05) is 12.1 Å². The summed E-state index contributed by atoms with van der Waals surface area (Å²) in [6.07, 6.45) is 5.04. The molecule has 1 aromatic carbocycles. The fraction of sp³-hybridized carbons (Fsp3) is 0.538. The van der Waals surface area contributed by atoms with E-state index in [1.165, 1.54) is 19.3 Å². The van der Waals surface area contributed by atoms with Gasteiger partial charge in [-0.3, -0.25) is 0 Å². The van der Waals surface area contributed by atoms with Crippen molar-refractivity contribution in [2.75, 3.05) is 12.4 Å². The van der Waals surface area contributed by atoms with Crippen LogP contribution in [0.15, 0.2) is 24.3 Å². The van der Waals surface area contributed by atoms with Gasteiger partial charge in [-0.2, -0.15) is 0 Å². The lowest BCUT2D eigenvalue weighted by molar-refractivity contribution is 0.0669. The third-order valence-electron chi connectivity index (χ3n) is 3.20. The molecule has 88 valence electrons. The second-order valence-electron chi connectivity index (χ2n) is 4.41. The molecule has 1 saturated carbocycles. The van der Waals surface area contributed by atoms with Crippen molar-refractivity contribution in [2.24, 2.45) is 0 Å². The molecule has 1 aliphatic carbocycles. The molecule has 0 radical (unpaired) electrons. The van der Waals surface area contributed by atoms with E-state index >= 15 is 0 Å². The molecule has 3 nitrogen and oxygen atoms in total. The number of methoxy groups -OCH3 is 1. The monoisotopic (exact) mass is 221 g/mol. The summed E-state index contributed by atoms with van der Waals surface area (Å²) in [5.74, 6) is 0.309. The van der Waals surface area contributed by atoms with Gasteiger partial charge in [0.05, 0.1) is 6.10 Å². The number of hydrogen-bond donors (Lipinski definition) is 2. The molecule has 0 amide bonds. The summed E-state index contributed by atoms with van der Waals surface area (Å²) in [6, 6.07) is 7.72. The molecule has 0 heterocycles. The highest BCUT2D eigenvalue weighted by atomic mass is 16.5. The highest BCUT2D eigenvalue weighted by molar-refractivity contribution is 5.46. The van der Waals surface area contributed by atoms with Crippen LogP contribution in [-0.2, 0) is 4.74 Å². The maximum Gasteiger partial charge on any atom is 0.115 e. The quantitative estimate of drug-likeness (QED) is 0.771. The summed E-state index contributed by atoms with van der Waals surface area (Å²) in [5, 5.41) is 12.7. The van der Waals surface area contributed by atoms with Crippen molar-refractivity contribution < 1.29 is 9.84 Å². The second kappa shape index (κ2) is 5.21. The smallest absolute Gasteiger partial charge is 0.115 e. The maximum atomic E-state index is 9.19. The molecule has 16 heavy (non-hydrogen) atoms. The first kappa shape index (κ1) is 11.3. The molecule has 2 N–H and O–H groups in total. The van der Waals surface area contributed by atoms with Gasteiger partial charge in [0.1, 0.15) is 5.75 Å². The van der Waals surface area contributed by atoms with Gasteiger partial charge in [0.2, 0.25) is 0 Å². The van der Waals surface area contributed by atoms with Crippen LogP contribution in [0.5, 0.6) is 5.75 Å². The van der Waals surface area contributed by atoms with Crippen LogP contribution in [0.2, 0.25) is 0 Å². The van der Waals surface area contributed by atoms with E-state index in [1.54, 1.807) is 19.2 Å². The Balaban J connectivity index is 1.91. The Bertz CT molecular complexity index is 323. The van der Waals surface area contributed by atoms with Gasteiger partial charge in [-0.25, -0.2) is 0 Å². The van der Waals surface area contributed by atoms with Gasteiger partial charge in [0.15, 0.2) is 0 Å². The summed E-state index contributed by atoms with van der Waals surface area (Å²) >= 11 is 0. The van der Waals surface area contributed by atoms with Gasteiger partial charge in [-0.05, 0) is 49.9 Å². The summed E-state index contributed by atoms with van der Waals surface area (Å²) in [4.78, 5) is 0. The lowest BCUT2D eigenvalue weighted by atomic mass is 9.92. The van der Waals surface area contributed by atoms with Gasteiger partial charge in [-0.1, -0.05) is 0 Å². The number of ether oxygens (including phenoxy) is 1. The molecule has 2 atom stereocenters. The second-order valence-corrected chi connectivity index (χ2v) is 4.41. The predicted molar refractivity (Wildman–Crippen MR) is 64.8 cm³/mol. The first-order valence-corrected chi connectivity index (χ1v) is 5.86. The van der Waals surface area contributed by atoms with Crippen LogP contribution in [0.3, 0.4) is 0 Å². The summed E-state index contributed by atoms with van der Waals surface area (Å²) in [7, 11) is 1.79. The van der Waals surface area contributed by atoms with E-state index in [0.29, 0.717) is 17.9 Å². The normalized spacial score (nSPS) is 25.3. The minimum atomic E-state index is 0.309. The van der Waals surface area contributed by atoms with Crippen molar-refractivity contribution >= 4 is 5.69 Å². The SMILES string of the molecule is COC1CCCC(Nc2ccc(O)cc2)C1. The third kappa shape index (κ3) is 2.89. The highest BCUT2D eigenvalue weighted by Gasteiger charge is 2.21. The van der Waals surface area contributed by atoms with Crippen LogP contribution < -0.4 is 5.32 Å². The van der Waals surface area contributed by atoms with Gasteiger partial charge in [0, 0.05) is 18.8 Å². The van der Waals surface area contributed by atoms with E-state index in [-0.39, 0.29) is 0 Å². The van der Waals surface area contributed by atoms with E-state index in [4.69, 9.17) is 4.74 Å². The first-order valence-electron chi connectivity index (χ1n) is 5.86. The number of phenols is 1. The zero-order chi connectivity index (χ0) is 11.4. The Morgan fingerprint density at radius 2 is 2.00 bits per heavy atom. The van der Waals surface area contributed by atoms with Crippen LogP contribution in [-0.4, -0.2) is 24.4 Å². The molecule has 2 rings (SSSR count). The van der Waals surface area contributed by atoms with E-state index in [0.717, 1.165) is 12.1 Å². The molecular weight excluding hydrogens is 202 g/mol. The average molecular weight is 221 g/mol. The van der Waals surface area contributed by atoms with Crippen molar-refractivity contribution in [3.8, 4) is 5.75 Å². The Labute approximate surface area is 96.4 Å². The number of aromatic hydroxyl groups is 1. The van der Waals surface area contributed by atoms with Crippen molar-refractivity contribution in [1.29, 1.82) is 0 Å². The topological polar surface area (TPSA) is 41.5 Å². The Morgan fingerprint density at radius 1 is 1.25 bits per heavy atom. The molecule has 1 aromatic rings. The average Bonchev–Trinajstić information content (AvgIpc) is 2.32. The summed E-state index contributed by atoms with van der Waals surface area (Å²) in [5.41, 5.74) is 1.07. The van der Waals surface area contributed by atoms with Crippen molar-refractivity contribution in [3.05, 3.63) is 24.3 Å². The Hall–Kier alpha value is -1.22. The fourth-order valence-corrected chi connectivity index (χ4v) is 2.28. The van der Waals surface area contributed by atoms with Gasteiger partial charge in [-0.15, -0.1) is 0 Å². The lowest BCUT2D eigenvalue weighted by Gasteiger charge is -2.29. The Morgan fingerprint density at radius 3 is 2.69 bits per heavy atom. The van der Waals surface area contributed by atoms with E-state index < -0.39 is 0 Å². The van der Waals surface area contributed by atoms with Gasteiger partial charge in [0.25, 0.3) is 0 Å². The molecular formula is C13H19NO2. The number of nitrogens with one attached hydrogen (secondary N) is 1. The van der Waals surface area contributed by atoms with Gasteiger partial charge < -0.3 is 15.2 Å². The maximum absolute atomic E-state index is 9.19. The lowest BCUT2D eigenvalue weighted by Crippen LogP contribution is -2.30. The van der Waals surface area contributed by atoms with Crippen molar-refractivity contribution in [2.45, 2.75) is 37.8 Å². The van der Waals surface area contributed by atoms with Crippen LogP contribution in [0.25, 0.3) is 0 Å². The molecule has 1 fully saturated rings. The van der Waals surface area contributed by atoms with E-state index in [9.17, 15) is 5.11 Å². The molecule has 0 bridgehead atoms. The predicted octanol–water partition coefficient (Wildman–Crippen LogP) is 2.76. The third-order valence-corrected chi connectivity index (χ3v) is 3.20. The Kier molecular flexibility index (Phi) is 3.67. The fourth-order valence-electron chi connectivity index (χ4n) is 2.28. The van der Waals surface area contributed by atoms with Crippen molar-refractivity contribution in [1.82, 2.24) is 0 Å². The molecule has 0 saturated heterocycles. The molecule has 3 heteroatoms. The largest absolute Gasteiger partial charge is 0.508 e.